The predicted molar refractivity (Wildman–Crippen MR) is 96.9 cm³/mol. The number of benzene rings is 1. The fraction of sp³-hybridized carbons (Fsp3) is 0.421. The molecule has 134 valence electrons. The molecular formula is C19H25N3O3. The molecule has 1 aromatic carbocycles. The Balaban J connectivity index is 2.95. The van der Waals surface area contributed by atoms with E-state index < -0.39 is 17.9 Å². The summed E-state index contributed by atoms with van der Waals surface area (Å²) in [7, 11) is 0. The van der Waals surface area contributed by atoms with Crippen LogP contribution < -0.4 is 10.6 Å². The molecule has 0 aliphatic rings. The van der Waals surface area contributed by atoms with Crippen LogP contribution in [0.1, 0.15) is 38.3 Å². The van der Waals surface area contributed by atoms with E-state index in [1.165, 1.54) is 6.20 Å². The first-order valence-corrected chi connectivity index (χ1v) is 8.29. The highest BCUT2D eigenvalue weighted by atomic mass is 16.4. The van der Waals surface area contributed by atoms with E-state index in [4.69, 9.17) is 0 Å². The third kappa shape index (κ3) is 5.96. The number of nitrogens with one attached hydrogen (secondary N) is 2. The maximum Gasteiger partial charge on any atom is 0.326 e. The molecule has 0 fully saturated rings. The quantitative estimate of drug-likeness (QED) is 0.497. The molecule has 0 aliphatic heterocycles. The van der Waals surface area contributed by atoms with E-state index in [2.05, 4.69) is 10.6 Å². The fourth-order valence-corrected chi connectivity index (χ4v) is 2.45. The van der Waals surface area contributed by atoms with E-state index in [1.807, 2.05) is 52.0 Å². The summed E-state index contributed by atoms with van der Waals surface area (Å²) in [5.74, 6) is -1.71. The Labute approximate surface area is 148 Å². The number of carbonyl (C=O) groups excluding carboxylic acids is 1. The van der Waals surface area contributed by atoms with Gasteiger partial charge in [-0.1, -0.05) is 39.0 Å². The van der Waals surface area contributed by atoms with Gasteiger partial charge in [0.15, 0.2) is 0 Å². The molecule has 6 nitrogen and oxygen atoms in total. The number of rotatable bonds is 8. The number of carboxylic acid groups (broad SMARTS) is 1. The third-order valence-corrected chi connectivity index (χ3v) is 3.78. The molecule has 25 heavy (non-hydrogen) atoms. The van der Waals surface area contributed by atoms with E-state index in [0.29, 0.717) is 6.42 Å². The Kier molecular flexibility index (Phi) is 7.67. The molecule has 0 saturated heterocycles. The number of amides is 1. The van der Waals surface area contributed by atoms with Gasteiger partial charge in [0.25, 0.3) is 5.91 Å². The van der Waals surface area contributed by atoms with Crippen LogP contribution in [0.5, 0.6) is 0 Å². The van der Waals surface area contributed by atoms with Crippen LogP contribution in [-0.2, 0) is 16.0 Å². The molecule has 0 spiro atoms. The molecule has 1 amide bonds. The first-order chi connectivity index (χ1) is 11.8. The van der Waals surface area contributed by atoms with Gasteiger partial charge in [-0.2, -0.15) is 5.26 Å². The normalized spacial score (nSPS) is 12.4. The summed E-state index contributed by atoms with van der Waals surface area (Å²) in [5, 5.41) is 23.9. The Morgan fingerprint density at radius 3 is 2.56 bits per heavy atom. The average molecular weight is 343 g/mol. The van der Waals surface area contributed by atoms with Crippen LogP contribution >= 0.6 is 0 Å². The zero-order valence-corrected chi connectivity index (χ0v) is 15.1. The molecular weight excluding hydrogens is 318 g/mol. The van der Waals surface area contributed by atoms with Crippen molar-refractivity contribution in [3.05, 3.63) is 41.1 Å². The molecule has 6 heteroatoms. The van der Waals surface area contributed by atoms with Crippen molar-refractivity contribution >= 4 is 17.6 Å². The number of aliphatic carboxylic acids is 1. The SMILES string of the molecule is CCc1cccc(C)c1N/C=C(/C#N)C(=O)NC(CC(C)C)C(=O)O. The highest BCUT2D eigenvalue weighted by Gasteiger charge is 2.22. The number of aryl methyl sites for hydroxylation is 2. The van der Waals surface area contributed by atoms with Gasteiger partial charge < -0.3 is 15.7 Å². The van der Waals surface area contributed by atoms with Crippen LogP contribution in [0.15, 0.2) is 30.0 Å². The number of carboxylic acids is 1. The van der Waals surface area contributed by atoms with Gasteiger partial charge in [0.1, 0.15) is 17.7 Å². The first kappa shape index (κ1) is 20.2. The van der Waals surface area contributed by atoms with Gasteiger partial charge in [0.2, 0.25) is 0 Å². The van der Waals surface area contributed by atoms with Gasteiger partial charge in [-0.15, -0.1) is 0 Å². The minimum absolute atomic E-state index is 0.105. The zero-order chi connectivity index (χ0) is 19.0. The predicted octanol–water partition coefficient (Wildman–Crippen LogP) is 2.99. The molecule has 0 saturated carbocycles. The van der Waals surface area contributed by atoms with Crippen LogP contribution in [0.2, 0.25) is 0 Å². The van der Waals surface area contributed by atoms with Crippen LogP contribution in [0, 0.1) is 24.2 Å². The second kappa shape index (κ2) is 9.48. The molecule has 1 unspecified atom stereocenters. The van der Waals surface area contributed by atoms with E-state index in [1.54, 1.807) is 0 Å². The van der Waals surface area contributed by atoms with E-state index in [9.17, 15) is 20.0 Å². The van der Waals surface area contributed by atoms with Gasteiger partial charge in [0.05, 0.1) is 0 Å². The van der Waals surface area contributed by atoms with E-state index in [0.717, 1.165) is 23.2 Å². The topological polar surface area (TPSA) is 102 Å². The summed E-state index contributed by atoms with van der Waals surface area (Å²) in [6.07, 6.45) is 2.43. The van der Waals surface area contributed by atoms with E-state index >= 15 is 0 Å². The second-order valence-corrected chi connectivity index (χ2v) is 6.27. The lowest BCUT2D eigenvalue weighted by Gasteiger charge is -2.16. The number of para-hydroxylation sites is 1. The van der Waals surface area contributed by atoms with Crippen molar-refractivity contribution in [2.45, 2.75) is 46.6 Å². The van der Waals surface area contributed by atoms with E-state index in [-0.39, 0.29) is 11.5 Å². The Bertz CT molecular complexity index is 702. The van der Waals surface area contributed by atoms with Crippen molar-refractivity contribution in [3.8, 4) is 6.07 Å². The van der Waals surface area contributed by atoms with Gasteiger partial charge in [0, 0.05) is 11.9 Å². The summed E-state index contributed by atoms with van der Waals surface area (Å²) in [4.78, 5) is 23.5. The maximum atomic E-state index is 12.2. The fourth-order valence-electron chi connectivity index (χ4n) is 2.45. The number of hydrogen-bond acceptors (Lipinski definition) is 4. The number of hydrogen-bond donors (Lipinski definition) is 3. The number of nitrogens with zero attached hydrogens (tertiary/aromatic N) is 1. The molecule has 0 heterocycles. The smallest absolute Gasteiger partial charge is 0.326 e. The van der Waals surface area contributed by atoms with Gasteiger partial charge in [-0.05, 0) is 36.8 Å². The van der Waals surface area contributed by atoms with Crippen molar-refractivity contribution in [3.63, 3.8) is 0 Å². The number of nitriles is 1. The summed E-state index contributed by atoms with van der Waals surface area (Å²) in [6.45, 7) is 7.69. The van der Waals surface area contributed by atoms with Crippen molar-refractivity contribution in [1.82, 2.24) is 5.32 Å². The standard InChI is InChI=1S/C19H25N3O3/c1-5-14-8-6-7-13(4)17(14)21-11-15(10-20)18(23)22-16(19(24)25)9-12(2)3/h6-8,11-12,16,21H,5,9H2,1-4H3,(H,22,23)(H,24,25)/b15-11-. The van der Waals surface area contributed by atoms with Gasteiger partial charge in [-0.25, -0.2) is 4.79 Å². The molecule has 0 bridgehead atoms. The van der Waals surface area contributed by atoms with Crippen LogP contribution in [0.3, 0.4) is 0 Å². The molecule has 3 N–H and O–H groups in total. The van der Waals surface area contributed by atoms with Crippen LogP contribution in [-0.4, -0.2) is 23.0 Å². The minimum atomic E-state index is -1.11. The molecule has 1 aromatic rings. The second-order valence-electron chi connectivity index (χ2n) is 6.27. The van der Waals surface area contributed by atoms with Gasteiger partial charge >= 0.3 is 5.97 Å². The molecule has 0 aliphatic carbocycles. The molecule has 1 atom stereocenters. The Morgan fingerprint density at radius 1 is 1.36 bits per heavy atom. The minimum Gasteiger partial charge on any atom is -0.480 e. The lowest BCUT2D eigenvalue weighted by molar-refractivity contribution is -0.141. The Hall–Kier alpha value is -2.81. The Morgan fingerprint density at radius 2 is 2.04 bits per heavy atom. The van der Waals surface area contributed by atoms with Crippen molar-refractivity contribution in [2.24, 2.45) is 5.92 Å². The lowest BCUT2D eigenvalue weighted by Crippen LogP contribution is -2.42. The number of carbonyl (C=O) groups is 2. The van der Waals surface area contributed by atoms with Gasteiger partial charge in [-0.3, -0.25) is 4.79 Å². The molecule has 0 radical (unpaired) electrons. The largest absolute Gasteiger partial charge is 0.480 e. The van der Waals surface area contributed by atoms with Crippen molar-refractivity contribution < 1.29 is 14.7 Å². The lowest BCUT2D eigenvalue weighted by atomic mass is 10.0. The summed E-state index contributed by atoms with van der Waals surface area (Å²) < 4.78 is 0. The highest BCUT2D eigenvalue weighted by molar-refractivity contribution is 5.99. The van der Waals surface area contributed by atoms with Crippen LogP contribution in [0.25, 0.3) is 0 Å². The summed E-state index contributed by atoms with van der Waals surface area (Å²) >= 11 is 0. The monoisotopic (exact) mass is 343 g/mol. The zero-order valence-electron chi connectivity index (χ0n) is 15.1. The highest BCUT2D eigenvalue weighted by Crippen LogP contribution is 2.21. The number of anilines is 1. The van der Waals surface area contributed by atoms with Crippen molar-refractivity contribution in [2.75, 3.05) is 5.32 Å². The third-order valence-electron chi connectivity index (χ3n) is 3.78. The van der Waals surface area contributed by atoms with Crippen molar-refractivity contribution in [1.29, 1.82) is 5.26 Å². The summed E-state index contributed by atoms with van der Waals surface area (Å²) in [5.41, 5.74) is 2.75. The maximum absolute atomic E-state index is 12.2. The average Bonchev–Trinajstić information content (AvgIpc) is 2.55. The summed E-state index contributed by atoms with van der Waals surface area (Å²) in [6, 6.07) is 6.66. The van der Waals surface area contributed by atoms with Crippen LogP contribution in [0.4, 0.5) is 5.69 Å². The molecule has 1 rings (SSSR count). The first-order valence-electron chi connectivity index (χ1n) is 8.29. The molecule has 0 aromatic heterocycles.